The molecule has 0 saturated heterocycles. The first-order valence-electron chi connectivity index (χ1n) is 4.07. The summed E-state index contributed by atoms with van der Waals surface area (Å²) in [5.74, 6) is -0.516. The minimum atomic E-state index is -1.26. The van der Waals surface area contributed by atoms with Gasteiger partial charge < -0.3 is 5.32 Å². The van der Waals surface area contributed by atoms with Gasteiger partial charge in [0, 0.05) is 11.5 Å². The zero-order valence-electron chi connectivity index (χ0n) is 8.02. The van der Waals surface area contributed by atoms with Crippen LogP contribution in [0.3, 0.4) is 0 Å². The maximum Gasteiger partial charge on any atom is 0.248 e. The second-order valence-corrected chi connectivity index (χ2v) is 3.09. The van der Waals surface area contributed by atoms with Gasteiger partial charge in [-0.2, -0.15) is 0 Å². The lowest BCUT2D eigenvalue weighted by atomic mass is 10.2. The first kappa shape index (κ1) is 11.1. The van der Waals surface area contributed by atoms with Crippen LogP contribution in [0.2, 0.25) is 0 Å². The van der Waals surface area contributed by atoms with Crippen molar-refractivity contribution in [2.75, 3.05) is 0 Å². The molecule has 1 amide bonds. The van der Waals surface area contributed by atoms with Crippen LogP contribution in [0.1, 0.15) is 27.7 Å². The molecule has 12 heavy (non-hydrogen) atoms. The molecule has 3 heteroatoms. The second-order valence-electron chi connectivity index (χ2n) is 3.09. The zero-order chi connectivity index (χ0) is 9.72. The standard InChI is InChI=1S/C9H16FNO/c1-5-7(4)9(12)11-8(10)6(2)3/h5-6,8H,1-4H3,(H,11,12). The molecule has 70 valence electrons. The van der Waals surface area contributed by atoms with Crippen LogP contribution in [0, 0.1) is 5.92 Å². The Bertz CT molecular complexity index is 187. The van der Waals surface area contributed by atoms with Crippen LogP contribution in [-0.2, 0) is 4.79 Å². The Balaban J connectivity index is 4.02. The number of amides is 1. The highest BCUT2D eigenvalue weighted by atomic mass is 19.1. The molecule has 0 heterocycles. The summed E-state index contributed by atoms with van der Waals surface area (Å²) in [4.78, 5) is 11.1. The van der Waals surface area contributed by atoms with Crippen LogP contribution >= 0.6 is 0 Å². The summed E-state index contributed by atoms with van der Waals surface area (Å²) < 4.78 is 12.9. The summed E-state index contributed by atoms with van der Waals surface area (Å²) in [6, 6.07) is 0. The van der Waals surface area contributed by atoms with Gasteiger partial charge in [-0.05, 0) is 13.8 Å². The Morgan fingerprint density at radius 2 is 2.00 bits per heavy atom. The first-order valence-corrected chi connectivity index (χ1v) is 4.07. The van der Waals surface area contributed by atoms with E-state index < -0.39 is 6.30 Å². The molecule has 1 N–H and O–H groups in total. The van der Waals surface area contributed by atoms with Crippen LogP contribution in [0.5, 0.6) is 0 Å². The molecular weight excluding hydrogens is 157 g/mol. The number of nitrogens with one attached hydrogen (secondary N) is 1. The Kier molecular flexibility index (Phi) is 4.55. The van der Waals surface area contributed by atoms with Crippen LogP contribution in [0.15, 0.2) is 11.6 Å². The summed E-state index contributed by atoms with van der Waals surface area (Å²) in [5, 5.41) is 2.26. The molecule has 0 fully saturated rings. The number of alkyl halides is 1. The lowest BCUT2D eigenvalue weighted by Crippen LogP contribution is -2.35. The van der Waals surface area contributed by atoms with Crippen molar-refractivity contribution in [3.05, 3.63) is 11.6 Å². The van der Waals surface area contributed by atoms with Crippen molar-refractivity contribution in [3.8, 4) is 0 Å². The molecule has 0 bridgehead atoms. The van der Waals surface area contributed by atoms with Crippen molar-refractivity contribution in [1.29, 1.82) is 0 Å². The highest BCUT2D eigenvalue weighted by Crippen LogP contribution is 2.03. The van der Waals surface area contributed by atoms with E-state index in [0.29, 0.717) is 5.57 Å². The van der Waals surface area contributed by atoms with E-state index in [0.717, 1.165) is 0 Å². The molecule has 2 nitrogen and oxygen atoms in total. The maximum absolute atomic E-state index is 12.9. The highest BCUT2D eigenvalue weighted by Gasteiger charge is 2.14. The average Bonchev–Trinajstić information content (AvgIpc) is 2.02. The van der Waals surface area contributed by atoms with E-state index >= 15 is 0 Å². The van der Waals surface area contributed by atoms with Crippen molar-refractivity contribution in [1.82, 2.24) is 5.32 Å². The Labute approximate surface area is 72.8 Å². The van der Waals surface area contributed by atoms with Crippen molar-refractivity contribution < 1.29 is 9.18 Å². The molecule has 0 aliphatic carbocycles. The Morgan fingerprint density at radius 3 is 2.33 bits per heavy atom. The molecule has 0 rings (SSSR count). The van der Waals surface area contributed by atoms with E-state index in [1.165, 1.54) is 0 Å². The van der Waals surface area contributed by atoms with Gasteiger partial charge in [-0.25, -0.2) is 4.39 Å². The van der Waals surface area contributed by atoms with E-state index in [9.17, 15) is 9.18 Å². The number of allylic oxidation sites excluding steroid dienone is 1. The normalized spacial score (nSPS) is 14.7. The van der Waals surface area contributed by atoms with Gasteiger partial charge >= 0.3 is 0 Å². The van der Waals surface area contributed by atoms with Crippen LogP contribution in [0.25, 0.3) is 0 Å². The molecule has 0 aliphatic rings. The van der Waals surface area contributed by atoms with Gasteiger partial charge in [0.2, 0.25) is 5.91 Å². The molecule has 0 aromatic carbocycles. The van der Waals surface area contributed by atoms with E-state index in [4.69, 9.17) is 0 Å². The average molecular weight is 173 g/mol. The maximum atomic E-state index is 12.9. The van der Waals surface area contributed by atoms with E-state index in [2.05, 4.69) is 5.32 Å². The molecule has 0 aromatic heterocycles. The summed E-state index contributed by atoms with van der Waals surface area (Å²) in [7, 11) is 0. The second kappa shape index (κ2) is 4.91. The summed E-state index contributed by atoms with van der Waals surface area (Å²) >= 11 is 0. The number of halogens is 1. The van der Waals surface area contributed by atoms with Crippen LogP contribution in [0.4, 0.5) is 4.39 Å². The fourth-order valence-electron chi connectivity index (χ4n) is 0.537. The van der Waals surface area contributed by atoms with Gasteiger partial charge in [-0.1, -0.05) is 19.9 Å². The zero-order valence-corrected chi connectivity index (χ0v) is 8.02. The van der Waals surface area contributed by atoms with Crippen molar-refractivity contribution in [2.45, 2.75) is 34.0 Å². The van der Waals surface area contributed by atoms with Crippen LogP contribution < -0.4 is 5.32 Å². The SMILES string of the molecule is CC=C(C)C(=O)NC(F)C(C)C. The third kappa shape index (κ3) is 3.51. The quantitative estimate of drug-likeness (QED) is 0.513. The lowest BCUT2D eigenvalue weighted by Gasteiger charge is -2.13. The van der Waals surface area contributed by atoms with Gasteiger partial charge in [0.1, 0.15) is 0 Å². The number of hydrogen-bond donors (Lipinski definition) is 1. The van der Waals surface area contributed by atoms with Gasteiger partial charge in [-0.3, -0.25) is 4.79 Å². The van der Waals surface area contributed by atoms with E-state index in [-0.39, 0.29) is 11.8 Å². The summed E-state index contributed by atoms with van der Waals surface area (Å²) in [6.07, 6.45) is 0.398. The minimum absolute atomic E-state index is 0.182. The monoisotopic (exact) mass is 173 g/mol. The molecule has 0 aliphatic heterocycles. The molecule has 1 unspecified atom stereocenters. The predicted octanol–water partition coefficient (Wildman–Crippen LogP) is 2.02. The Morgan fingerprint density at radius 1 is 1.50 bits per heavy atom. The smallest absolute Gasteiger partial charge is 0.248 e. The largest absolute Gasteiger partial charge is 0.322 e. The number of carbonyl (C=O) groups excluding carboxylic acids is 1. The van der Waals surface area contributed by atoms with Gasteiger partial charge in [-0.15, -0.1) is 0 Å². The van der Waals surface area contributed by atoms with Crippen LogP contribution in [-0.4, -0.2) is 12.2 Å². The van der Waals surface area contributed by atoms with Gasteiger partial charge in [0.15, 0.2) is 6.30 Å². The van der Waals surface area contributed by atoms with E-state index in [1.807, 2.05) is 0 Å². The number of rotatable bonds is 3. The number of carbonyl (C=O) groups is 1. The minimum Gasteiger partial charge on any atom is -0.322 e. The Hall–Kier alpha value is -0.860. The topological polar surface area (TPSA) is 29.1 Å². The summed E-state index contributed by atoms with van der Waals surface area (Å²) in [5.41, 5.74) is 0.540. The summed E-state index contributed by atoms with van der Waals surface area (Å²) in [6.45, 7) is 6.84. The third-order valence-corrected chi connectivity index (χ3v) is 1.65. The fourth-order valence-corrected chi connectivity index (χ4v) is 0.537. The third-order valence-electron chi connectivity index (χ3n) is 1.65. The highest BCUT2D eigenvalue weighted by molar-refractivity contribution is 5.92. The molecule has 0 saturated carbocycles. The lowest BCUT2D eigenvalue weighted by molar-refractivity contribution is -0.119. The molecule has 0 spiro atoms. The first-order chi connectivity index (χ1) is 5.49. The van der Waals surface area contributed by atoms with Crippen molar-refractivity contribution >= 4 is 5.91 Å². The van der Waals surface area contributed by atoms with Gasteiger partial charge in [0.25, 0.3) is 0 Å². The number of hydrogen-bond acceptors (Lipinski definition) is 1. The molecule has 0 aromatic rings. The van der Waals surface area contributed by atoms with E-state index in [1.54, 1.807) is 33.8 Å². The fraction of sp³-hybridized carbons (Fsp3) is 0.667. The predicted molar refractivity (Wildman–Crippen MR) is 47.3 cm³/mol. The molecule has 0 radical (unpaired) electrons. The molecular formula is C9H16FNO. The molecule has 1 atom stereocenters. The van der Waals surface area contributed by atoms with Crippen molar-refractivity contribution in [2.24, 2.45) is 5.92 Å². The van der Waals surface area contributed by atoms with Gasteiger partial charge in [0.05, 0.1) is 0 Å². The van der Waals surface area contributed by atoms with Crippen molar-refractivity contribution in [3.63, 3.8) is 0 Å².